The normalized spacial score (nSPS) is 10.3. The third-order valence-electron chi connectivity index (χ3n) is 2.88. The van der Waals surface area contributed by atoms with Gasteiger partial charge in [-0.2, -0.15) is 0 Å². The maximum Gasteiger partial charge on any atom is 0.0885 e. The maximum atomic E-state index is 5.41. The molecule has 0 saturated carbocycles. The van der Waals surface area contributed by atoms with Crippen LogP contribution >= 0.6 is 0 Å². The molecule has 0 aliphatic rings. The Balaban J connectivity index is 2.90. The molecular weight excluding hydrogens is 196 g/mol. The highest BCUT2D eigenvalue weighted by Gasteiger charge is 1.92. The zero-order valence-corrected chi connectivity index (χ0v) is 11.1. The van der Waals surface area contributed by atoms with Gasteiger partial charge in [0.05, 0.1) is 5.82 Å². The van der Waals surface area contributed by atoms with E-state index in [0.29, 0.717) is 5.82 Å². The van der Waals surface area contributed by atoms with E-state index in [1.54, 1.807) is 0 Å². The van der Waals surface area contributed by atoms with E-state index in [4.69, 9.17) is 5.73 Å². The molecule has 0 amide bonds. The molecule has 3 N–H and O–H groups in total. The van der Waals surface area contributed by atoms with Crippen molar-refractivity contribution in [3.63, 3.8) is 0 Å². The fraction of sp³-hybridized carbons (Fsp3) is 0.857. The summed E-state index contributed by atoms with van der Waals surface area (Å²) in [5.74, 6) is 0.593. The molecular formula is C14H30N2. The van der Waals surface area contributed by atoms with Crippen LogP contribution in [0.25, 0.3) is 0 Å². The van der Waals surface area contributed by atoms with Crippen molar-refractivity contribution in [2.45, 2.75) is 71.1 Å². The smallest absolute Gasteiger partial charge is 0.0885 e. The van der Waals surface area contributed by atoms with Crippen molar-refractivity contribution in [1.29, 1.82) is 0 Å². The van der Waals surface area contributed by atoms with Crippen LogP contribution in [0.4, 0.5) is 0 Å². The highest BCUT2D eigenvalue weighted by molar-refractivity contribution is 4.81. The number of hydrogen-bond acceptors (Lipinski definition) is 2. The van der Waals surface area contributed by atoms with E-state index in [1.807, 2.05) is 0 Å². The van der Waals surface area contributed by atoms with E-state index in [-0.39, 0.29) is 0 Å². The molecule has 0 atom stereocenters. The number of unbranched alkanes of at least 4 members (excludes halogenated alkanes) is 9. The third-order valence-corrected chi connectivity index (χ3v) is 2.88. The van der Waals surface area contributed by atoms with Crippen LogP contribution in [0.1, 0.15) is 71.1 Å². The molecule has 2 nitrogen and oxygen atoms in total. The molecule has 0 bridgehead atoms. The number of nitrogens with two attached hydrogens (primary N) is 1. The standard InChI is InChI=1S/C14H30N2/c1-3-4-5-6-7-8-9-10-11-12-13-16-14(2)15/h16H,2-13,15H2,1H3. The Hall–Kier alpha value is -0.660. The summed E-state index contributed by atoms with van der Waals surface area (Å²) in [5.41, 5.74) is 5.41. The van der Waals surface area contributed by atoms with Crippen molar-refractivity contribution in [3.05, 3.63) is 12.4 Å². The third kappa shape index (κ3) is 13.3. The Morgan fingerprint density at radius 3 is 1.75 bits per heavy atom. The summed E-state index contributed by atoms with van der Waals surface area (Å²) in [6.45, 7) is 6.85. The molecule has 2 heteroatoms. The molecule has 0 radical (unpaired) electrons. The SMILES string of the molecule is C=C(N)NCCCCCCCCCCCC. The summed E-state index contributed by atoms with van der Waals surface area (Å²) in [6, 6.07) is 0. The van der Waals surface area contributed by atoms with Gasteiger partial charge in [0.2, 0.25) is 0 Å². The van der Waals surface area contributed by atoms with Crippen molar-refractivity contribution < 1.29 is 0 Å². The Kier molecular flexibility index (Phi) is 11.9. The number of nitrogens with one attached hydrogen (secondary N) is 1. The molecule has 0 aliphatic heterocycles. The first-order chi connectivity index (χ1) is 7.77. The van der Waals surface area contributed by atoms with Crippen LogP contribution in [0.5, 0.6) is 0 Å². The predicted octanol–water partition coefficient (Wildman–Crippen LogP) is 3.93. The molecule has 0 spiro atoms. The van der Waals surface area contributed by atoms with Gasteiger partial charge < -0.3 is 11.1 Å². The minimum absolute atomic E-state index is 0.593. The Morgan fingerprint density at radius 1 is 0.875 bits per heavy atom. The van der Waals surface area contributed by atoms with Crippen LogP contribution in [-0.2, 0) is 0 Å². The van der Waals surface area contributed by atoms with Gasteiger partial charge in [-0.05, 0) is 6.42 Å². The highest BCUT2D eigenvalue weighted by Crippen LogP contribution is 2.10. The van der Waals surface area contributed by atoms with E-state index in [9.17, 15) is 0 Å². The molecule has 0 aromatic carbocycles. The van der Waals surface area contributed by atoms with E-state index in [0.717, 1.165) is 6.54 Å². The van der Waals surface area contributed by atoms with E-state index in [2.05, 4.69) is 18.8 Å². The lowest BCUT2D eigenvalue weighted by Gasteiger charge is -2.04. The zero-order valence-electron chi connectivity index (χ0n) is 11.1. The summed E-state index contributed by atoms with van der Waals surface area (Å²) in [7, 11) is 0. The first-order valence-corrected chi connectivity index (χ1v) is 6.95. The fourth-order valence-corrected chi connectivity index (χ4v) is 1.86. The highest BCUT2D eigenvalue weighted by atomic mass is 15.0. The van der Waals surface area contributed by atoms with Crippen LogP contribution in [0.15, 0.2) is 12.4 Å². The average Bonchev–Trinajstić information content (AvgIpc) is 2.25. The van der Waals surface area contributed by atoms with Gasteiger partial charge in [0.1, 0.15) is 0 Å². The van der Waals surface area contributed by atoms with Crippen LogP contribution in [0, 0.1) is 0 Å². The van der Waals surface area contributed by atoms with Gasteiger partial charge in [-0.3, -0.25) is 0 Å². The molecule has 0 aromatic heterocycles. The van der Waals surface area contributed by atoms with Gasteiger partial charge in [-0.15, -0.1) is 0 Å². The van der Waals surface area contributed by atoms with Crippen LogP contribution < -0.4 is 11.1 Å². The quantitative estimate of drug-likeness (QED) is 0.495. The van der Waals surface area contributed by atoms with Crippen LogP contribution in [-0.4, -0.2) is 6.54 Å². The first-order valence-electron chi connectivity index (χ1n) is 6.95. The Morgan fingerprint density at radius 2 is 1.31 bits per heavy atom. The van der Waals surface area contributed by atoms with Crippen molar-refractivity contribution in [2.75, 3.05) is 6.54 Å². The molecule has 16 heavy (non-hydrogen) atoms. The molecule has 0 unspecified atom stereocenters. The number of rotatable bonds is 12. The van der Waals surface area contributed by atoms with Gasteiger partial charge in [-0.1, -0.05) is 71.3 Å². The minimum atomic E-state index is 0.593. The lowest BCUT2D eigenvalue weighted by Crippen LogP contribution is -2.19. The molecule has 0 rings (SSSR count). The van der Waals surface area contributed by atoms with Gasteiger partial charge >= 0.3 is 0 Å². The molecule has 96 valence electrons. The van der Waals surface area contributed by atoms with E-state index in [1.165, 1.54) is 64.2 Å². The summed E-state index contributed by atoms with van der Waals surface area (Å²) in [6.07, 6.45) is 13.8. The average molecular weight is 226 g/mol. The van der Waals surface area contributed by atoms with Gasteiger partial charge in [0.15, 0.2) is 0 Å². The van der Waals surface area contributed by atoms with Crippen molar-refractivity contribution in [2.24, 2.45) is 5.73 Å². The predicted molar refractivity (Wildman–Crippen MR) is 73.2 cm³/mol. The van der Waals surface area contributed by atoms with Gasteiger partial charge in [0, 0.05) is 6.54 Å². The first kappa shape index (κ1) is 15.3. The Bertz CT molecular complexity index is 155. The minimum Gasteiger partial charge on any atom is -0.386 e. The largest absolute Gasteiger partial charge is 0.386 e. The maximum absolute atomic E-state index is 5.41. The molecule has 0 heterocycles. The van der Waals surface area contributed by atoms with Crippen molar-refractivity contribution in [3.8, 4) is 0 Å². The van der Waals surface area contributed by atoms with E-state index >= 15 is 0 Å². The lowest BCUT2D eigenvalue weighted by molar-refractivity contribution is 0.551. The fourth-order valence-electron chi connectivity index (χ4n) is 1.86. The second-order valence-electron chi connectivity index (χ2n) is 4.63. The monoisotopic (exact) mass is 226 g/mol. The summed E-state index contributed by atoms with van der Waals surface area (Å²) in [4.78, 5) is 0. The molecule has 0 fully saturated rings. The lowest BCUT2D eigenvalue weighted by atomic mass is 10.1. The van der Waals surface area contributed by atoms with Crippen molar-refractivity contribution >= 4 is 0 Å². The van der Waals surface area contributed by atoms with Crippen LogP contribution in [0.3, 0.4) is 0 Å². The van der Waals surface area contributed by atoms with Gasteiger partial charge in [-0.25, -0.2) is 0 Å². The zero-order chi connectivity index (χ0) is 12.1. The second kappa shape index (κ2) is 12.4. The number of hydrogen-bond donors (Lipinski definition) is 2. The summed E-state index contributed by atoms with van der Waals surface area (Å²) in [5, 5.41) is 3.05. The molecule has 0 aromatic rings. The van der Waals surface area contributed by atoms with Crippen LogP contribution in [0.2, 0.25) is 0 Å². The molecule has 0 aliphatic carbocycles. The second-order valence-corrected chi connectivity index (χ2v) is 4.63. The van der Waals surface area contributed by atoms with Gasteiger partial charge in [0.25, 0.3) is 0 Å². The summed E-state index contributed by atoms with van der Waals surface area (Å²) >= 11 is 0. The van der Waals surface area contributed by atoms with E-state index < -0.39 is 0 Å². The Labute approximate surface area is 102 Å². The summed E-state index contributed by atoms with van der Waals surface area (Å²) < 4.78 is 0. The topological polar surface area (TPSA) is 38.0 Å². The van der Waals surface area contributed by atoms with Crippen molar-refractivity contribution in [1.82, 2.24) is 5.32 Å². The molecule has 0 saturated heterocycles.